The SMILES string of the molecule is CC(C(=O)O)c1ccccc1OCc1ccc(F)cn1. The van der Waals surface area contributed by atoms with Gasteiger partial charge in [-0.1, -0.05) is 18.2 Å². The van der Waals surface area contributed by atoms with Crippen molar-refractivity contribution >= 4 is 5.97 Å². The number of hydrogen-bond donors (Lipinski definition) is 1. The van der Waals surface area contributed by atoms with Crippen molar-refractivity contribution in [3.8, 4) is 5.75 Å². The van der Waals surface area contributed by atoms with E-state index < -0.39 is 17.7 Å². The van der Waals surface area contributed by atoms with E-state index in [1.807, 2.05) is 0 Å². The Hall–Kier alpha value is -2.43. The fourth-order valence-corrected chi connectivity index (χ4v) is 1.75. The first kappa shape index (κ1) is 14.0. The summed E-state index contributed by atoms with van der Waals surface area (Å²) in [5, 5.41) is 9.07. The molecule has 1 aromatic heterocycles. The van der Waals surface area contributed by atoms with Gasteiger partial charge >= 0.3 is 5.97 Å². The average Bonchev–Trinajstić information content (AvgIpc) is 2.46. The molecule has 4 nitrogen and oxygen atoms in total. The number of carboxylic acids is 1. The summed E-state index contributed by atoms with van der Waals surface area (Å²) in [7, 11) is 0. The molecule has 1 N–H and O–H groups in total. The van der Waals surface area contributed by atoms with Gasteiger partial charge in [0.05, 0.1) is 17.8 Å². The van der Waals surface area contributed by atoms with Gasteiger partial charge in [-0.25, -0.2) is 4.39 Å². The topological polar surface area (TPSA) is 59.4 Å². The van der Waals surface area contributed by atoms with E-state index in [0.717, 1.165) is 6.20 Å². The average molecular weight is 275 g/mol. The van der Waals surface area contributed by atoms with Crippen LogP contribution in [-0.4, -0.2) is 16.1 Å². The standard InChI is InChI=1S/C15H14FNO3/c1-10(15(18)19)13-4-2-3-5-14(13)20-9-12-7-6-11(16)8-17-12/h2-8,10H,9H2,1H3,(H,18,19). The summed E-state index contributed by atoms with van der Waals surface area (Å²) in [6, 6.07) is 9.78. The van der Waals surface area contributed by atoms with Crippen molar-refractivity contribution in [1.29, 1.82) is 0 Å². The van der Waals surface area contributed by atoms with Crippen LogP contribution >= 0.6 is 0 Å². The molecule has 1 aromatic carbocycles. The Kier molecular flexibility index (Phi) is 4.30. The van der Waals surface area contributed by atoms with Crippen LogP contribution in [0.25, 0.3) is 0 Å². The highest BCUT2D eigenvalue weighted by atomic mass is 19.1. The molecule has 0 bridgehead atoms. The molecule has 0 spiro atoms. The van der Waals surface area contributed by atoms with E-state index in [9.17, 15) is 9.18 Å². The van der Waals surface area contributed by atoms with Crippen LogP contribution in [0.15, 0.2) is 42.6 Å². The lowest BCUT2D eigenvalue weighted by Gasteiger charge is -2.13. The minimum absolute atomic E-state index is 0.156. The minimum atomic E-state index is -0.916. The van der Waals surface area contributed by atoms with Crippen LogP contribution in [0.1, 0.15) is 24.1 Å². The summed E-state index contributed by atoms with van der Waals surface area (Å²) in [5.41, 5.74) is 1.17. The molecule has 0 aliphatic heterocycles. The first-order valence-electron chi connectivity index (χ1n) is 6.13. The van der Waals surface area contributed by atoms with E-state index in [0.29, 0.717) is 17.0 Å². The predicted octanol–water partition coefficient (Wildman–Crippen LogP) is 2.99. The van der Waals surface area contributed by atoms with Gasteiger partial charge in [0.25, 0.3) is 0 Å². The van der Waals surface area contributed by atoms with Crippen molar-refractivity contribution in [3.05, 3.63) is 59.7 Å². The van der Waals surface area contributed by atoms with E-state index in [4.69, 9.17) is 9.84 Å². The van der Waals surface area contributed by atoms with Crippen LogP contribution in [-0.2, 0) is 11.4 Å². The number of carbonyl (C=O) groups is 1. The molecule has 0 aliphatic carbocycles. The van der Waals surface area contributed by atoms with Gasteiger partial charge in [0.1, 0.15) is 18.2 Å². The summed E-state index contributed by atoms with van der Waals surface area (Å²) >= 11 is 0. The van der Waals surface area contributed by atoms with Crippen LogP contribution < -0.4 is 4.74 Å². The third-order valence-electron chi connectivity index (χ3n) is 2.92. The molecule has 1 atom stereocenters. The van der Waals surface area contributed by atoms with Crippen LogP contribution in [0.2, 0.25) is 0 Å². The van der Waals surface area contributed by atoms with Crippen LogP contribution in [0.4, 0.5) is 4.39 Å². The van der Waals surface area contributed by atoms with Crippen LogP contribution in [0, 0.1) is 5.82 Å². The molecule has 20 heavy (non-hydrogen) atoms. The molecule has 0 saturated carbocycles. The van der Waals surface area contributed by atoms with Crippen molar-refractivity contribution in [1.82, 2.24) is 4.98 Å². The van der Waals surface area contributed by atoms with E-state index >= 15 is 0 Å². The number of pyridine rings is 1. The fourth-order valence-electron chi connectivity index (χ4n) is 1.75. The molecule has 0 radical (unpaired) electrons. The Labute approximate surface area is 115 Å². The number of benzene rings is 1. The van der Waals surface area contributed by atoms with Gasteiger partial charge in [0.2, 0.25) is 0 Å². The van der Waals surface area contributed by atoms with Crippen molar-refractivity contribution in [3.63, 3.8) is 0 Å². The predicted molar refractivity (Wildman–Crippen MR) is 71.0 cm³/mol. The van der Waals surface area contributed by atoms with Gasteiger partial charge in [-0.15, -0.1) is 0 Å². The number of rotatable bonds is 5. The fraction of sp³-hybridized carbons (Fsp3) is 0.200. The maximum absolute atomic E-state index is 12.7. The Morgan fingerprint density at radius 3 is 2.75 bits per heavy atom. The normalized spacial score (nSPS) is 11.9. The maximum atomic E-state index is 12.7. The summed E-state index contributed by atoms with van der Waals surface area (Å²) in [5.74, 6) is -1.49. The van der Waals surface area contributed by atoms with Crippen molar-refractivity contribution in [2.24, 2.45) is 0 Å². The lowest BCUT2D eigenvalue weighted by Crippen LogP contribution is -2.09. The molecule has 2 rings (SSSR count). The molecular weight excluding hydrogens is 261 g/mol. The van der Waals surface area contributed by atoms with E-state index in [-0.39, 0.29) is 6.61 Å². The molecule has 1 heterocycles. The van der Waals surface area contributed by atoms with Gasteiger partial charge in [-0.05, 0) is 25.1 Å². The second kappa shape index (κ2) is 6.14. The lowest BCUT2D eigenvalue weighted by molar-refractivity contribution is -0.138. The molecule has 2 aromatic rings. The van der Waals surface area contributed by atoms with Gasteiger partial charge in [-0.2, -0.15) is 0 Å². The number of nitrogens with zero attached hydrogens (tertiary/aromatic N) is 1. The Bertz CT molecular complexity index is 598. The smallest absolute Gasteiger partial charge is 0.310 e. The zero-order chi connectivity index (χ0) is 14.5. The Morgan fingerprint density at radius 2 is 2.10 bits per heavy atom. The third-order valence-corrected chi connectivity index (χ3v) is 2.92. The number of aromatic nitrogens is 1. The minimum Gasteiger partial charge on any atom is -0.487 e. The summed E-state index contributed by atoms with van der Waals surface area (Å²) < 4.78 is 18.3. The van der Waals surface area contributed by atoms with E-state index in [1.54, 1.807) is 31.2 Å². The zero-order valence-electron chi connectivity index (χ0n) is 10.9. The molecule has 0 saturated heterocycles. The van der Waals surface area contributed by atoms with Crippen LogP contribution in [0.5, 0.6) is 5.75 Å². The third kappa shape index (κ3) is 3.32. The molecule has 0 amide bonds. The van der Waals surface area contributed by atoms with Crippen LogP contribution in [0.3, 0.4) is 0 Å². The number of aliphatic carboxylic acids is 1. The van der Waals surface area contributed by atoms with E-state index in [2.05, 4.69) is 4.98 Å². The monoisotopic (exact) mass is 275 g/mol. The molecule has 104 valence electrons. The molecule has 5 heteroatoms. The van der Waals surface area contributed by atoms with Crippen molar-refractivity contribution in [2.75, 3.05) is 0 Å². The maximum Gasteiger partial charge on any atom is 0.310 e. The molecule has 1 unspecified atom stereocenters. The summed E-state index contributed by atoms with van der Waals surface area (Å²) in [6.45, 7) is 1.75. The van der Waals surface area contributed by atoms with Crippen molar-refractivity contribution in [2.45, 2.75) is 19.4 Å². The summed E-state index contributed by atoms with van der Waals surface area (Å²) in [4.78, 5) is 14.9. The van der Waals surface area contributed by atoms with Gasteiger partial charge < -0.3 is 9.84 Å². The molecule has 0 aliphatic rings. The highest BCUT2D eigenvalue weighted by molar-refractivity contribution is 5.76. The largest absolute Gasteiger partial charge is 0.487 e. The number of halogens is 1. The first-order chi connectivity index (χ1) is 9.58. The van der Waals surface area contributed by atoms with Gasteiger partial charge in [0.15, 0.2) is 0 Å². The Balaban J connectivity index is 2.13. The highest BCUT2D eigenvalue weighted by Crippen LogP contribution is 2.27. The van der Waals surface area contributed by atoms with Gasteiger partial charge in [-0.3, -0.25) is 9.78 Å². The molecule has 0 fully saturated rings. The van der Waals surface area contributed by atoms with Gasteiger partial charge in [0, 0.05) is 5.56 Å². The highest BCUT2D eigenvalue weighted by Gasteiger charge is 2.17. The second-order valence-corrected chi connectivity index (χ2v) is 4.35. The summed E-state index contributed by atoms with van der Waals surface area (Å²) in [6.07, 6.45) is 1.12. The van der Waals surface area contributed by atoms with E-state index in [1.165, 1.54) is 12.1 Å². The zero-order valence-corrected chi connectivity index (χ0v) is 10.9. The van der Waals surface area contributed by atoms with Crippen molar-refractivity contribution < 1.29 is 19.0 Å². The number of para-hydroxylation sites is 1. The first-order valence-corrected chi connectivity index (χ1v) is 6.13. The molecular formula is C15H14FNO3. The number of carboxylic acid groups (broad SMARTS) is 1. The Morgan fingerprint density at radius 1 is 1.35 bits per heavy atom. The number of ether oxygens (including phenoxy) is 1. The quantitative estimate of drug-likeness (QED) is 0.911. The second-order valence-electron chi connectivity index (χ2n) is 4.35. The lowest BCUT2D eigenvalue weighted by atomic mass is 10.0. The number of hydrogen-bond acceptors (Lipinski definition) is 3.